The maximum atomic E-state index is 13.3. The van der Waals surface area contributed by atoms with Crippen molar-refractivity contribution in [3.05, 3.63) is 154 Å². The number of ether oxygens (including phenoxy) is 1. The number of aliphatic carboxylic acids is 1. The number of nitrogens with zero attached hydrogens (tertiary/aromatic N) is 1. The first-order chi connectivity index (χ1) is 22.3. The molecule has 5 rings (SSSR count). The molecule has 1 unspecified atom stereocenters. The predicted octanol–water partition coefficient (Wildman–Crippen LogP) is 7.80. The molecule has 1 amide bonds. The maximum absolute atomic E-state index is 13.3. The zero-order valence-electron chi connectivity index (χ0n) is 25.0. The van der Waals surface area contributed by atoms with Crippen LogP contribution in [0.3, 0.4) is 0 Å². The molecule has 0 bridgehead atoms. The third kappa shape index (κ3) is 8.14. The summed E-state index contributed by atoms with van der Waals surface area (Å²) in [5.74, 6) is -2.20. The fourth-order valence-corrected chi connectivity index (χ4v) is 5.33. The highest BCUT2D eigenvalue weighted by atomic mass is 35.5. The van der Waals surface area contributed by atoms with Crippen molar-refractivity contribution in [3.8, 4) is 0 Å². The van der Waals surface area contributed by atoms with Gasteiger partial charge in [-0.3, -0.25) is 4.79 Å². The monoisotopic (exact) mass is 630 g/mol. The van der Waals surface area contributed by atoms with E-state index in [0.29, 0.717) is 29.0 Å². The lowest BCUT2D eigenvalue weighted by Gasteiger charge is -2.20. The minimum atomic E-state index is -1.21. The largest absolute Gasteiger partial charge is 0.478 e. The fraction of sp³-hybridized carbons (Fsp3) is 0.105. The zero-order valence-corrected chi connectivity index (χ0v) is 25.8. The topological polar surface area (TPSA) is 106 Å². The second kappa shape index (κ2) is 15.0. The molecule has 2 N–H and O–H groups in total. The molecule has 0 radical (unpaired) electrons. The minimum absolute atomic E-state index is 0.117. The number of methoxy groups -OCH3 is 1. The molecule has 4 aromatic carbocycles. The number of hydrogen-bond acceptors (Lipinski definition) is 5. The van der Waals surface area contributed by atoms with E-state index in [4.69, 9.17) is 16.3 Å². The summed E-state index contributed by atoms with van der Waals surface area (Å²) in [5.41, 5.74) is 4.78. The van der Waals surface area contributed by atoms with Crippen molar-refractivity contribution in [1.29, 1.82) is 0 Å². The molecule has 1 atom stereocenters. The van der Waals surface area contributed by atoms with Crippen LogP contribution < -0.4 is 5.32 Å². The number of rotatable bonds is 11. The van der Waals surface area contributed by atoms with E-state index < -0.39 is 23.9 Å². The fourth-order valence-electron chi connectivity index (χ4n) is 5.16. The van der Waals surface area contributed by atoms with Crippen LogP contribution in [0, 0.1) is 0 Å². The molecule has 5 aromatic rings. The highest BCUT2D eigenvalue weighted by Crippen LogP contribution is 2.25. The number of halogens is 1. The lowest BCUT2D eigenvalue weighted by atomic mass is 9.95. The van der Waals surface area contributed by atoms with Crippen molar-refractivity contribution in [2.45, 2.75) is 18.9 Å². The number of carbonyl (C=O) groups is 3. The van der Waals surface area contributed by atoms with Crippen LogP contribution in [0.2, 0.25) is 5.02 Å². The van der Waals surface area contributed by atoms with E-state index in [0.717, 1.165) is 39.4 Å². The summed E-state index contributed by atoms with van der Waals surface area (Å²) in [6.07, 6.45) is 5.83. The predicted molar refractivity (Wildman–Crippen MR) is 181 cm³/mol. The van der Waals surface area contributed by atoms with Crippen molar-refractivity contribution >= 4 is 58.1 Å². The summed E-state index contributed by atoms with van der Waals surface area (Å²) >= 11 is 6.15. The lowest BCUT2D eigenvalue weighted by molar-refractivity contribution is -0.130. The zero-order chi connectivity index (χ0) is 32.5. The third-order valence-electron chi connectivity index (χ3n) is 7.47. The average Bonchev–Trinajstić information content (AvgIpc) is 3.08. The molecule has 7 nitrogen and oxygen atoms in total. The Morgan fingerprint density at radius 2 is 1.65 bits per heavy atom. The maximum Gasteiger partial charge on any atom is 0.338 e. The van der Waals surface area contributed by atoms with Crippen LogP contribution in [0.15, 0.2) is 115 Å². The Hall–Kier alpha value is -5.53. The third-order valence-corrected chi connectivity index (χ3v) is 7.70. The number of hydrogen-bond donors (Lipinski definition) is 2. The second-order valence-corrected chi connectivity index (χ2v) is 11.0. The van der Waals surface area contributed by atoms with E-state index in [1.54, 1.807) is 42.5 Å². The van der Waals surface area contributed by atoms with Crippen LogP contribution in [-0.4, -0.2) is 35.0 Å². The molecule has 0 aliphatic carbocycles. The standard InChI is InChI=1S/C38H31ClN2O5/c1-46-38(45)32-13-6-5-11-27(32)17-21-34(41-36(42)24-33(37(43)44)26-9-3-2-4-10-26)29-12-7-8-25(22-29)14-19-31-20-16-28-15-18-30(39)23-35(28)40-31/h2-16,18-20,22-24,34H,17,21H2,1H3,(H,41,42)(H,43,44)/b19-14+,33-24?. The molecule has 8 heteroatoms. The summed E-state index contributed by atoms with van der Waals surface area (Å²) in [7, 11) is 1.34. The van der Waals surface area contributed by atoms with Gasteiger partial charge in [-0.1, -0.05) is 96.5 Å². The molecule has 230 valence electrons. The van der Waals surface area contributed by atoms with Gasteiger partial charge in [0.25, 0.3) is 0 Å². The quantitative estimate of drug-likeness (QED) is 0.114. The molecule has 0 spiro atoms. The van der Waals surface area contributed by atoms with E-state index in [-0.39, 0.29) is 5.57 Å². The summed E-state index contributed by atoms with van der Waals surface area (Å²) in [5, 5.41) is 14.4. The van der Waals surface area contributed by atoms with Gasteiger partial charge in [0.2, 0.25) is 5.91 Å². The molecule has 0 aliphatic heterocycles. The SMILES string of the molecule is COC(=O)c1ccccc1CCC(NC(=O)C=C(C(=O)O)c1ccccc1)c1cccc(/C=C/c2ccc3ccc(Cl)cc3n2)c1. The van der Waals surface area contributed by atoms with E-state index in [9.17, 15) is 19.5 Å². The first-order valence-electron chi connectivity index (χ1n) is 14.6. The van der Waals surface area contributed by atoms with Gasteiger partial charge in [0.05, 0.1) is 35.5 Å². The van der Waals surface area contributed by atoms with Crippen molar-refractivity contribution in [2.75, 3.05) is 7.11 Å². The molecule has 0 aliphatic rings. The van der Waals surface area contributed by atoms with Gasteiger partial charge in [0, 0.05) is 16.5 Å². The normalized spacial score (nSPS) is 12.2. The number of benzene rings is 4. The summed E-state index contributed by atoms with van der Waals surface area (Å²) in [6.45, 7) is 0. The Bertz CT molecular complexity index is 1950. The van der Waals surface area contributed by atoms with Gasteiger partial charge in [-0.25, -0.2) is 14.6 Å². The van der Waals surface area contributed by atoms with Gasteiger partial charge in [0.15, 0.2) is 0 Å². The van der Waals surface area contributed by atoms with Gasteiger partial charge in [-0.2, -0.15) is 0 Å². The minimum Gasteiger partial charge on any atom is -0.478 e. The molecule has 46 heavy (non-hydrogen) atoms. The number of aryl methyl sites for hydroxylation is 1. The molecular weight excluding hydrogens is 600 g/mol. The van der Waals surface area contributed by atoms with E-state index in [2.05, 4.69) is 10.3 Å². The van der Waals surface area contributed by atoms with E-state index in [1.807, 2.05) is 78.9 Å². The number of aromatic nitrogens is 1. The molecule has 1 aromatic heterocycles. The highest BCUT2D eigenvalue weighted by molar-refractivity contribution is 6.31. The Labute approximate surface area is 271 Å². The molecule has 0 saturated carbocycles. The number of carboxylic acids is 1. The first kappa shape index (κ1) is 31.9. The van der Waals surface area contributed by atoms with Crippen LogP contribution >= 0.6 is 11.6 Å². The van der Waals surface area contributed by atoms with Crippen LogP contribution in [0.25, 0.3) is 28.6 Å². The number of amides is 1. The number of esters is 1. The number of nitrogens with one attached hydrogen (secondary N) is 1. The van der Waals surface area contributed by atoms with Crippen molar-refractivity contribution in [1.82, 2.24) is 10.3 Å². The Balaban J connectivity index is 1.44. The Morgan fingerprint density at radius 3 is 2.43 bits per heavy atom. The molecule has 1 heterocycles. The smallest absolute Gasteiger partial charge is 0.338 e. The Morgan fingerprint density at radius 1 is 0.891 bits per heavy atom. The molecule has 0 saturated heterocycles. The van der Waals surface area contributed by atoms with E-state index in [1.165, 1.54) is 7.11 Å². The molecular formula is C38H31ClN2O5. The lowest BCUT2D eigenvalue weighted by Crippen LogP contribution is -2.28. The second-order valence-electron chi connectivity index (χ2n) is 10.6. The molecule has 0 fully saturated rings. The van der Waals surface area contributed by atoms with Crippen LogP contribution in [0.1, 0.15) is 50.8 Å². The number of carbonyl (C=O) groups excluding carboxylic acids is 2. The summed E-state index contributed by atoms with van der Waals surface area (Å²) < 4.78 is 4.96. The van der Waals surface area contributed by atoms with Crippen LogP contribution in [0.5, 0.6) is 0 Å². The van der Waals surface area contributed by atoms with Gasteiger partial charge in [-0.05, 0) is 71.5 Å². The van der Waals surface area contributed by atoms with E-state index >= 15 is 0 Å². The van der Waals surface area contributed by atoms with Crippen LogP contribution in [-0.2, 0) is 20.7 Å². The number of fused-ring (bicyclic) bond motifs is 1. The van der Waals surface area contributed by atoms with Crippen molar-refractivity contribution in [2.24, 2.45) is 0 Å². The first-order valence-corrected chi connectivity index (χ1v) is 15.0. The summed E-state index contributed by atoms with van der Waals surface area (Å²) in [4.78, 5) is 42.4. The average molecular weight is 631 g/mol. The van der Waals surface area contributed by atoms with Crippen molar-refractivity contribution in [3.63, 3.8) is 0 Å². The van der Waals surface area contributed by atoms with Gasteiger partial charge >= 0.3 is 11.9 Å². The number of carboxylic acid groups (broad SMARTS) is 1. The summed E-state index contributed by atoms with van der Waals surface area (Å²) in [6, 6.07) is 32.4. The van der Waals surface area contributed by atoms with Crippen LogP contribution in [0.4, 0.5) is 0 Å². The van der Waals surface area contributed by atoms with Gasteiger partial charge in [0.1, 0.15) is 0 Å². The Kier molecular flexibility index (Phi) is 10.4. The number of pyridine rings is 1. The van der Waals surface area contributed by atoms with Gasteiger partial charge < -0.3 is 15.2 Å². The van der Waals surface area contributed by atoms with Gasteiger partial charge in [-0.15, -0.1) is 0 Å². The van der Waals surface area contributed by atoms with Crippen molar-refractivity contribution < 1.29 is 24.2 Å². The highest BCUT2D eigenvalue weighted by Gasteiger charge is 2.19.